The van der Waals surface area contributed by atoms with Crippen LogP contribution in [0.5, 0.6) is 0 Å². The molecule has 0 aliphatic rings. The minimum atomic E-state index is -1.21. The standard InChI is InChI=1S/C19H22O4/c1-19(2,3)23-17(21)12-11-16(20)18(22)15-10-6-8-13-7-4-5-9-14(13)15/h4-10,16,20H,11-12H2,1-3H3. The van der Waals surface area contributed by atoms with Gasteiger partial charge >= 0.3 is 5.97 Å². The lowest BCUT2D eigenvalue weighted by molar-refractivity contribution is -0.155. The number of benzene rings is 2. The molecule has 0 fully saturated rings. The molecule has 1 N–H and O–H groups in total. The Kier molecular flexibility index (Phi) is 5.16. The van der Waals surface area contributed by atoms with Crippen LogP contribution in [0.4, 0.5) is 0 Å². The van der Waals surface area contributed by atoms with E-state index < -0.39 is 17.7 Å². The molecule has 0 bridgehead atoms. The lowest BCUT2D eigenvalue weighted by atomic mass is 9.97. The second-order valence-corrected chi connectivity index (χ2v) is 6.53. The molecule has 0 saturated heterocycles. The van der Waals surface area contributed by atoms with Gasteiger partial charge < -0.3 is 9.84 Å². The highest BCUT2D eigenvalue weighted by molar-refractivity contribution is 6.10. The summed E-state index contributed by atoms with van der Waals surface area (Å²) in [5.41, 5.74) is -0.0958. The van der Waals surface area contributed by atoms with Crippen molar-refractivity contribution in [1.82, 2.24) is 0 Å². The van der Waals surface area contributed by atoms with E-state index in [2.05, 4.69) is 0 Å². The smallest absolute Gasteiger partial charge is 0.306 e. The molecule has 2 aromatic rings. The summed E-state index contributed by atoms with van der Waals surface area (Å²) in [7, 11) is 0. The number of ketones is 1. The number of carbonyl (C=O) groups is 2. The third-order valence-electron chi connectivity index (χ3n) is 3.40. The predicted molar refractivity (Wildman–Crippen MR) is 89.4 cm³/mol. The third kappa shape index (κ3) is 4.63. The van der Waals surface area contributed by atoms with Crippen molar-refractivity contribution in [2.24, 2.45) is 0 Å². The van der Waals surface area contributed by atoms with Gasteiger partial charge in [0.2, 0.25) is 0 Å². The monoisotopic (exact) mass is 314 g/mol. The van der Waals surface area contributed by atoms with Gasteiger partial charge in [-0.05, 0) is 38.0 Å². The number of rotatable bonds is 5. The molecule has 2 aromatic carbocycles. The topological polar surface area (TPSA) is 63.6 Å². The Balaban J connectivity index is 2.06. The van der Waals surface area contributed by atoms with Crippen LogP contribution in [0, 0.1) is 0 Å². The Morgan fingerprint density at radius 3 is 2.43 bits per heavy atom. The van der Waals surface area contributed by atoms with Gasteiger partial charge in [0.05, 0.1) is 0 Å². The summed E-state index contributed by atoms with van der Waals surface area (Å²) in [5, 5.41) is 11.9. The second kappa shape index (κ2) is 6.92. The maximum absolute atomic E-state index is 12.5. The van der Waals surface area contributed by atoms with Crippen molar-refractivity contribution in [1.29, 1.82) is 0 Å². The molecule has 0 amide bonds. The highest BCUT2D eigenvalue weighted by Gasteiger charge is 2.22. The normalized spacial score (nSPS) is 12.9. The van der Waals surface area contributed by atoms with Crippen LogP contribution in [0.2, 0.25) is 0 Å². The number of Topliss-reactive ketones (excluding diaryl/α,β-unsaturated/α-hetero) is 1. The Hall–Kier alpha value is -2.20. The van der Waals surface area contributed by atoms with Crippen LogP contribution in [0.15, 0.2) is 42.5 Å². The number of aliphatic hydroxyl groups excluding tert-OH is 1. The number of esters is 1. The summed E-state index contributed by atoms with van der Waals surface area (Å²) < 4.78 is 5.18. The number of fused-ring (bicyclic) bond motifs is 1. The van der Waals surface area contributed by atoms with Gasteiger partial charge in [0, 0.05) is 12.0 Å². The molecule has 1 atom stereocenters. The summed E-state index contributed by atoms with van der Waals surface area (Å²) >= 11 is 0. The summed E-state index contributed by atoms with van der Waals surface area (Å²) in [5.74, 6) is -0.785. The first-order chi connectivity index (χ1) is 10.8. The quantitative estimate of drug-likeness (QED) is 0.677. The maximum Gasteiger partial charge on any atom is 0.306 e. The summed E-state index contributed by atoms with van der Waals surface area (Å²) in [6.07, 6.45) is -1.15. The zero-order chi connectivity index (χ0) is 17.0. The van der Waals surface area contributed by atoms with E-state index in [1.165, 1.54) is 0 Å². The molecule has 0 saturated carbocycles. The molecular weight excluding hydrogens is 292 g/mol. The van der Waals surface area contributed by atoms with E-state index in [-0.39, 0.29) is 18.6 Å². The van der Waals surface area contributed by atoms with E-state index >= 15 is 0 Å². The summed E-state index contributed by atoms with van der Waals surface area (Å²) in [6, 6.07) is 12.9. The molecular formula is C19H22O4. The molecule has 0 spiro atoms. The van der Waals surface area contributed by atoms with Crippen LogP contribution in [0.25, 0.3) is 10.8 Å². The maximum atomic E-state index is 12.5. The van der Waals surface area contributed by atoms with Gasteiger partial charge in [0.1, 0.15) is 11.7 Å². The molecule has 2 rings (SSSR count). The fourth-order valence-corrected chi connectivity index (χ4v) is 2.40. The first-order valence-electron chi connectivity index (χ1n) is 7.70. The zero-order valence-corrected chi connectivity index (χ0v) is 13.7. The van der Waals surface area contributed by atoms with Crippen molar-refractivity contribution in [3.8, 4) is 0 Å². The molecule has 0 aliphatic heterocycles. The molecule has 23 heavy (non-hydrogen) atoms. The van der Waals surface area contributed by atoms with Gasteiger partial charge in [-0.1, -0.05) is 42.5 Å². The Morgan fingerprint density at radius 1 is 1.09 bits per heavy atom. The molecule has 0 aliphatic carbocycles. The van der Waals surface area contributed by atoms with Crippen LogP contribution >= 0.6 is 0 Å². The largest absolute Gasteiger partial charge is 0.460 e. The van der Waals surface area contributed by atoms with Crippen molar-refractivity contribution >= 4 is 22.5 Å². The number of hydrogen-bond acceptors (Lipinski definition) is 4. The van der Waals surface area contributed by atoms with Gasteiger partial charge in [-0.3, -0.25) is 9.59 Å². The van der Waals surface area contributed by atoms with E-state index in [1.54, 1.807) is 32.9 Å². The number of carbonyl (C=O) groups excluding carboxylic acids is 2. The van der Waals surface area contributed by atoms with Gasteiger partial charge in [0.15, 0.2) is 5.78 Å². The van der Waals surface area contributed by atoms with Crippen LogP contribution in [0.3, 0.4) is 0 Å². The van der Waals surface area contributed by atoms with E-state index in [4.69, 9.17) is 4.74 Å². The van der Waals surface area contributed by atoms with Crippen molar-refractivity contribution < 1.29 is 19.4 Å². The van der Waals surface area contributed by atoms with Gasteiger partial charge in [-0.25, -0.2) is 0 Å². The van der Waals surface area contributed by atoms with Gasteiger partial charge in [-0.2, -0.15) is 0 Å². The fourth-order valence-electron chi connectivity index (χ4n) is 2.40. The third-order valence-corrected chi connectivity index (χ3v) is 3.40. The van der Waals surface area contributed by atoms with Crippen molar-refractivity contribution in [3.05, 3.63) is 48.0 Å². The number of aliphatic hydroxyl groups is 1. The van der Waals surface area contributed by atoms with Crippen molar-refractivity contribution in [2.75, 3.05) is 0 Å². The average Bonchev–Trinajstić information content (AvgIpc) is 2.49. The SMILES string of the molecule is CC(C)(C)OC(=O)CCC(O)C(=O)c1cccc2ccccc12. The van der Waals surface area contributed by atoms with Gasteiger partial charge in [-0.15, -0.1) is 0 Å². The zero-order valence-electron chi connectivity index (χ0n) is 13.7. The summed E-state index contributed by atoms with van der Waals surface area (Å²) in [6.45, 7) is 5.34. The molecule has 0 radical (unpaired) electrons. The van der Waals surface area contributed by atoms with Crippen LogP contribution < -0.4 is 0 Å². The Morgan fingerprint density at radius 2 is 1.74 bits per heavy atom. The number of ether oxygens (including phenoxy) is 1. The van der Waals surface area contributed by atoms with Crippen LogP contribution in [-0.2, 0) is 9.53 Å². The lowest BCUT2D eigenvalue weighted by Crippen LogP contribution is -2.26. The molecule has 122 valence electrons. The lowest BCUT2D eigenvalue weighted by Gasteiger charge is -2.20. The Bertz CT molecular complexity index is 707. The highest BCUT2D eigenvalue weighted by atomic mass is 16.6. The minimum Gasteiger partial charge on any atom is -0.460 e. The number of hydrogen-bond donors (Lipinski definition) is 1. The first kappa shape index (κ1) is 17.2. The van der Waals surface area contributed by atoms with Crippen LogP contribution in [-0.4, -0.2) is 28.6 Å². The van der Waals surface area contributed by atoms with Gasteiger partial charge in [0.25, 0.3) is 0 Å². The van der Waals surface area contributed by atoms with Crippen molar-refractivity contribution in [3.63, 3.8) is 0 Å². The predicted octanol–water partition coefficient (Wildman–Crippen LogP) is 3.51. The Labute approximate surface area is 136 Å². The van der Waals surface area contributed by atoms with E-state index in [1.807, 2.05) is 30.3 Å². The second-order valence-electron chi connectivity index (χ2n) is 6.53. The van der Waals surface area contributed by atoms with E-state index in [0.29, 0.717) is 5.56 Å². The first-order valence-corrected chi connectivity index (χ1v) is 7.70. The minimum absolute atomic E-state index is 0.00887. The molecule has 1 unspecified atom stereocenters. The van der Waals surface area contributed by atoms with Crippen LogP contribution in [0.1, 0.15) is 44.0 Å². The van der Waals surface area contributed by atoms with E-state index in [0.717, 1.165) is 10.8 Å². The molecule has 0 aromatic heterocycles. The highest BCUT2D eigenvalue weighted by Crippen LogP contribution is 2.21. The van der Waals surface area contributed by atoms with E-state index in [9.17, 15) is 14.7 Å². The molecule has 4 nitrogen and oxygen atoms in total. The average molecular weight is 314 g/mol. The fraction of sp³-hybridized carbons (Fsp3) is 0.368. The molecule has 4 heteroatoms. The van der Waals surface area contributed by atoms with Crippen molar-refractivity contribution in [2.45, 2.75) is 45.3 Å². The molecule has 0 heterocycles. The summed E-state index contributed by atoms with van der Waals surface area (Å²) in [4.78, 5) is 24.1.